The van der Waals surface area contributed by atoms with E-state index in [1.165, 1.54) is 0 Å². The number of aliphatic hydroxyl groups excluding tert-OH is 1. The largest absolute Gasteiger partial charge is 0.387 e. The van der Waals surface area contributed by atoms with Crippen LogP contribution < -0.4 is 10.6 Å². The number of likely N-dealkylation sites (N-methyl/N-ethyl adjacent to an activating group) is 2. The number of benzene rings is 1. The summed E-state index contributed by atoms with van der Waals surface area (Å²) in [5.74, 6) is -0.625. The van der Waals surface area contributed by atoms with E-state index in [0.29, 0.717) is 5.57 Å². The average Bonchev–Trinajstić information content (AvgIpc) is 2.88. The number of hydrogen-bond donors (Lipinski definition) is 3. The van der Waals surface area contributed by atoms with E-state index in [-0.39, 0.29) is 48.2 Å². The Labute approximate surface area is 222 Å². The molecule has 1 aromatic carbocycles. The standard InChI is InChI=1S/C29H46N4O4/c1-19(2)24(17-21(5)27(35)30-18-25(34)22-13-9-8-10-14-22)33(7)29(37)26(20(3)4)31-28(36)23-15-11-12-16-32(23)6/h8-10,13-14,17,19-20,23-26,34H,11-12,15-16,18H2,1-7H3,(H,30,35)(H,31,36)/t23-,24-,25-,26+/m1/s1. The van der Waals surface area contributed by atoms with Crippen LogP contribution in [0.25, 0.3) is 0 Å². The van der Waals surface area contributed by atoms with Crippen molar-refractivity contribution in [3.8, 4) is 0 Å². The minimum Gasteiger partial charge on any atom is -0.387 e. The SMILES string of the molecule is CC(=C[C@H](C(C)C)N(C)C(=O)[C@@H](NC(=O)[C@H]1CCCCN1C)C(C)C)C(=O)NC[C@@H](O)c1ccccc1. The zero-order valence-electron chi connectivity index (χ0n) is 23.5. The number of piperidine rings is 1. The summed E-state index contributed by atoms with van der Waals surface area (Å²) in [6, 6.07) is 7.96. The Morgan fingerprint density at radius 2 is 1.76 bits per heavy atom. The third-order valence-corrected chi connectivity index (χ3v) is 7.20. The Morgan fingerprint density at radius 3 is 2.32 bits per heavy atom. The minimum absolute atomic E-state index is 0.0413. The number of nitrogens with zero attached hydrogens (tertiary/aromatic N) is 2. The second kappa shape index (κ2) is 14.3. The zero-order valence-corrected chi connectivity index (χ0v) is 23.5. The summed E-state index contributed by atoms with van der Waals surface area (Å²) in [6.07, 6.45) is 3.87. The highest BCUT2D eigenvalue weighted by Gasteiger charge is 2.34. The van der Waals surface area contributed by atoms with Crippen molar-refractivity contribution in [2.75, 3.05) is 27.2 Å². The predicted octanol–water partition coefficient (Wildman–Crippen LogP) is 2.89. The molecule has 4 atom stereocenters. The summed E-state index contributed by atoms with van der Waals surface area (Å²) in [5.41, 5.74) is 1.20. The maximum absolute atomic E-state index is 13.6. The van der Waals surface area contributed by atoms with Gasteiger partial charge in [-0.15, -0.1) is 0 Å². The maximum Gasteiger partial charge on any atom is 0.246 e. The van der Waals surface area contributed by atoms with Gasteiger partial charge in [-0.2, -0.15) is 0 Å². The number of hydrogen-bond acceptors (Lipinski definition) is 5. The van der Waals surface area contributed by atoms with Crippen LogP contribution in [0.15, 0.2) is 42.0 Å². The Balaban J connectivity index is 2.08. The van der Waals surface area contributed by atoms with E-state index in [2.05, 4.69) is 15.5 Å². The number of nitrogens with one attached hydrogen (secondary N) is 2. The van der Waals surface area contributed by atoms with Crippen LogP contribution in [0.3, 0.4) is 0 Å². The van der Waals surface area contributed by atoms with Gasteiger partial charge in [0.15, 0.2) is 0 Å². The topological polar surface area (TPSA) is 102 Å². The fourth-order valence-corrected chi connectivity index (χ4v) is 4.74. The van der Waals surface area contributed by atoms with Crippen LogP contribution in [0.1, 0.15) is 65.5 Å². The quantitative estimate of drug-likeness (QED) is 0.394. The first-order chi connectivity index (χ1) is 17.4. The normalized spacial score (nSPS) is 19.3. The highest BCUT2D eigenvalue weighted by Crippen LogP contribution is 2.19. The minimum atomic E-state index is -0.804. The monoisotopic (exact) mass is 514 g/mol. The molecule has 1 aliphatic heterocycles. The van der Waals surface area contributed by atoms with E-state index in [9.17, 15) is 19.5 Å². The molecule has 0 spiro atoms. The smallest absolute Gasteiger partial charge is 0.246 e. The highest BCUT2D eigenvalue weighted by atomic mass is 16.3. The van der Waals surface area contributed by atoms with Crippen molar-refractivity contribution in [2.45, 2.75) is 78.1 Å². The predicted molar refractivity (Wildman–Crippen MR) is 147 cm³/mol. The molecule has 0 aromatic heterocycles. The number of aliphatic hydroxyl groups is 1. The molecule has 3 amide bonds. The van der Waals surface area contributed by atoms with Gasteiger partial charge in [0.05, 0.1) is 18.2 Å². The molecule has 8 nitrogen and oxygen atoms in total. The first kappa shape index (κ1) is 30.5. The Kier molecular flexibility index (Phi) is 11.8. The van der Waals surface area contributed by atoms with Gasteiger partial charge in [-0.25, -0.2) is 0 Å². The van der Waals surface area contributed by atoms with E-state index in [0.717, 1.165) is 31.4 Å². The summed E-state index contributed by atoms with van der Waals surface area (Å²) in [4.78, 5) is 43.1. The third-order valence-electron chi connectivity index (χ3n) is 7.20. The van der Waals surface area contributed by atoms with Gasteiger partial charge in [0.25, 0.3) is 0 Å². The lowest BCUT2D eigenvalue weighted by Crippen LogP contribution is -2.57. The molecule has 1 fully saturated rings. The zero-order chi connectivity index (χ0) is 27.7. The number of carbonyl (C=O) groups excluding carboxylic acids is 3. The molecular formula is C29H46N4O4. The van der Waals surface area contributed by atoms with Gasteiger partial charge in [-0.3, -0.25) is 19.3 Å². The molecule has 0 saturated carbocycles. The van der Waals surface area contributed by atoms with Crippen molar-refractivity contribution in [2.24, 2.45) is 11.8 Å². The molecule has 1 aliphatic rings. The van der Waals surface area contributed by atoms with Crippen LogP contribution >= 0.6 is 0 Å². The molecule has 2 rings (SSSR count). The lowest BCUT2D eigenvalue weighted by Gasteiger charge is -2.36. The Hall–Kier alpha value is -2.71. The average molecular weight is 515 g/mol. The van der Waals surface area contributed by atoms with Crippen molar-refractivity contribution in [3.05, 3.63) is 47.5 Å². The highest BCUT2D eigenvalue weighted by molar-refractivity contribution is 5.93. The van der Waals surface area contributed by atoms with Crippen LogP contribution in [0.5, 0.6) is 0 Å². The van der Waals surface area contributed by atoms with Crippen LogP contribution in [-0.2, 0) is 14.4 Å². The van der Waals surface area contributed by atoms with Gasteiger partial charge >= 0.3 is 0 Å². The molecule has 0 bridgehead atoms. The molecule has 0 unspecified atom stereocenters. The molecule has 3 N–H and O–H groups in total. The Bertz CT molecular complexity index is 931. The number of carbonyl (C=O) groups is 3. The van der Waals surface area contributed by atoms with Crippen LogP contribution in [0, 0.1) is 11.8 Å². The van der Waals surface area contributed by atoms with Crippen LogP contribution in [0.4, 0.5) is 0 Å². The number of likely N-dealkylation sites (tertiary alicyclic amines) is 1. The summed E-state index contributed by atoms with van der Waals surface area (Å²) in [5, 5.41) is 16.1. The molecule has 37 heavy (non-hydrogen) atoms. The second-order valence-corrected chi connectivity index (χ2v) is 10.9. The first-order valence-electron chi connectivity index (χ1n) is 13.4. The molecule has 1 aromatic rings. The lowest BCUT2D eigenvalue weighted by molar-refractivity contribution is -0.139. The van der Waals surface area contributed by atoms with E-state index in [1.807, 2.05) is 65.1 Å². The van der Waals surface area contributed by atoms with Gasteiger partial charge in [-0.05, 0) is 50.8 Å². The molecule has 1 saturated heterocycles. The molecular weight excluding hydrogens is 468 g/mol. The van der Waals surface area contributed by atoms with Crippen molar-refractivity contribution < 1.29 is 19.5 Å². The fraction of sp³-hybridized carbons (Fsp3) is 0.621. The van der Waals surface area contributed by atoms with Gasteiger partial charge < -0.3 is 20.6 Å². The molecule has 206 valence electrons. The van der Waals surface area contributed by atoms with E-state index >= 15 is 0 Å². The summed E-state index contributed by atoms with van der Waals surface area (Å²) >= 11 is 0. The Morgan fingerprint density at radius 1 is 1.11 bits per heavy atom. The van der Waals surface area contributed by atoms with Crippen molar-refractivity contribution >= 4 is 17.7 Å². The lowest BCUT2D eigenvalue weighted by atomic mass is 9.96. The van der Waals surface area contributed by atoms with Crippen molar-refractivity contribution in [1.29, 1.82) is 0 Å². The van der Waals surface area contributed by atoms with E-state index in [4.69, 9.17) is 0 Å². The van der Waals surface area contributed by atoms with Gasteiger partial charge in [-0.1, -0.05) is 70.5 Å². The first-order valence-corrected chi connectivity index (χ1v) is 13.4. The van der Waals surface area contributed by atoms with Crippen LogP contribution in [-0.4, -0.2) is 77.9 Å². The summed E-state index contributed by atoms with van der Waals surface area (Å²) < 4.78 is 0. The number of amides is 3. The molecule has 8 heteroatoms. The van der Waals surface area contributed by atoms with Gasteiger partial charge in [0.2, 0.25) is 17.7 Å². The summed E-state index contributed by atoms with van der Waals surface area (Å²) in [7, 11) is 3.68. The van der Waals surface area contributed by atoms with E-state index < -0.39 is 12.1 Å². The van der Waals surface area contributed by atoms with Gasteiger partial charge in [0.1, 0.15) is 6.04 Å². The number of rotatable bonds is 11. The maximum atomic E-state index is 13.6. The van der Waals surface area contributed by atoms with Crippen LogP contribution in [0.2, 0.25) is 0 Å². The fourth-order valence-electron chi connectivity index (χ4n) is 4.74. The van der Waals surface area contributed by atoms with Crippen molar-refractivity contribution in [1.82, 2.24) is 20.4 Å². The van der Waals surface area contributed by atoms with E-state index in [1.54, 1.807) is 24.9 Å². The summed E-state index contributed by atoms with van der Waals surface area (Å²) in [6.45, 7) is 10.5. The molecule has 0 aliphatic carbocycles. The second-order valence-electron chi connectivity index (χ2n) is 10.9. The van der Waals surface area contributed by atoms with Crippen molar-refractivity contribution in [3.63, 3.8) is 0 Å². The molecule has 0 radical (unpaired) electrons. The third kappa shape index (κ3) is 8.68. The van der Waals surface area contributed by atoms with Gasteiger partial charge in [0, 0.05) is 19.2 Å². The molecule has 1 heterocycles.